The van der Waals surface area contributed by atoms with E-state index in [1.807, 2.05) is 45.9 Å². The van der Waals surface area contributed by atoms with Gasteiger partial charge in [0.2, 0.25) is 0 Å². The highest BCUT2D eigenvalue weighted by Crippen LogP contribution is 2.39. The Hall–Kier alpha value is -1.98. The Morgan fingerprint density at radius 2 is 1.89 bits per heavy atom. The number of carbonyl (C=O) groups is 2. The zero-order chi connectivity index (χ0) is 35.7. The van der Waals surface area contributed by atoms with Crippen molar-refractivity contribution in [2.24, 2.45) is 17.8 Å². The Morgan fingerprint density at radius 3 is 2.49 bits per heavy atom. The number of rotatable bonds is 12. The number of esters is 1. The van der Waals surface area contributed by atoms with Gasteiger partial charge in [-0.15, -0.1) is 0 Å². The monoisotopic (exact) mass is 679 g/mol. The first kappa shape index (κ1) is 41.2. The predicted molar refractivity (Wildman–Crippen MR) is 189 cm³/mol. The van der Waals surface area contributed by atoms with Gasteiger partial charge in [-0.1, -0.05) is 72.8 Å². The van der Waals surface area contributed by atoms with Crippen LogP contribution in [0.1, 0.15) is 101 Å². The maximum atomic E-state index is 13.5. The van der Waals surface area contributed by atoms with Crippen LogP contribution in [0.5, 0.6) is 0 Å². The summed E-state index contributed by atoms with van der Waals surface area (Å²) in [4.78, 5) is 26.0. The van der Waals surface area contributed by atoms with Crippen molar-refractivity contribution in [3.63, 3.8) is 0 Å². The van der Waals surface area contributed by atoms with Crippen molar-refractivity contribution in [3.05, 3.63) is 36.0 Å². The molecule has 0 spiro atoms. The molecule has 0 aliphatic carbocycles. The molecule has 0 saturated carbocycles. The van der Waals surface area contributed by atoms with Crippen LogP contribution in [0.15, 0.2) is 36.0 Å². The molecule has 270 valence electrons. The van der Waals surface area contributed by atoms with E-state index in [1.54, 1.807) is 19.9 Å². The highest BCUT2D eigenvalue weighted by atomic mass is 28.4. The smallest absolute Gasteiger partial charge is 0.407 e. The highest BCUT2D eigenvalue weighted by Gasteiger charge is 2.45. The normalized spacial score (nSPS) is 32.4. The molecule has 1 amide bonds. The molecule has 10 unspecified atom stereocenters. The lowest BCUT2D eigenvalue weighted by molar-refractivity contribution is -0.151. The summed E-state index contributed by atoms with van der Waals surface area (Å²) in [7, 11) is -2.26. The number of aliphatic hydroxyl groups excluding tert-OH is 1. The molecule has 2 aliphatic rings. The fourth-order valence-electron chi connectivity index (χ4n) is 5.77. The lowest BCUT2D eigenvalue weighted by Crippen LogP contribution is -2.47. The van der Waals surface area contributed by atoms with E-state index >= 15 is 0 Å². The van der Waals surface area contributed by atoms with Crippen LogP contribution in [-0.2, 0) is 23.4 Å². The number of allylic oxidation sites excluding steroid dienone is 3. The molecule has 0 bridgehead atoms. The first-order valence-corrected chi connectivity index (χ1v) is 20.5. The van der Waals surface area contributed by atoms with E-state index in [9.17, 15) is 19.8 Å². The van der Waals surface area contributed by atoms with Gasteiger partial charge in [0.25, 0.3) is 0 Å². The van der Waals surface area contributed by atoms with Crippen molar-refractivity contribution in [1.82, 2.24) is 5.32 Å². The number of aliphatic hydroxyl groups is 2. The van der Waals surface area contributed by atoms with Gasteiger partial charge in [-0.2, -0.15) is 0 Å². The largest absolute Gasteiger partial charge is 0.457 e. The standard InChI is InChI=1S/C37H65NO8Si/c1-13-29(39)27(6)34-30(43-34)22-24(3)16-15-17-25(4)33-26(5)18-19-31(44-35(41)38-14-2)37(10,42)21-20-28(23-32(40)45-33)46-47(11,12)36(7,8)9/h15-19,24,26-31,33-34,39,42H,13-14,20-23H2,1-12H3,(H,38,41)/b16-15+,19-18+,25-17+. The van der Waals surface area contributed by atoms with Gasteiger partial charge in [0.1, 0.15) is 11.7 Å². The molecule has 3 N–H and O–H groups in total. The average Bonchev–Trinajstić information content (AvgIpc) is 3.73. The summed E-state index contributed by atoms with van der Waals surface area (Å²) < 4.78 is 24.4. The third-order valence-electron chi connectivity index (χ3n) is 10.1. The number of carbonyl (C=O) groups excluding carboxylic acids is 2. The first-order chi connectivity index (χ1) is 21.7. The molecule has 0 radical (unpaired) electrons. The van der Waals surface area contributed by atoms with Crippen LogP contribution >= 0.6 is 0 Å². The molecular formula is C37H65NO8Si. The van der Waals surface area contributed by atoms with Crippen molar-refractivity contribution in [1.29, 1.82) is 0 Å². The number of cyclic esters (lactones) is 1. The summed E-state index contributed by atoms with van der Waals surface area (Å²) in [6.07, 6.45) is 9.32. The summed E-state index contributed by atoms with van der Waals surface area (Å²) in [5.74, 6) is -0.239. The molecule has 2 aliphatic heterocycles. The Kier molecular flexibility index (Phi) is 15.4. The molecule has 47 heavy (non-hydrogen) atoms. The van der Waals surface area contributed by atoms with Crippen molar-refractivity contribution in [2.75, 3.05) is 6.54 Å². The Bertz CT molecular complexity index is 1110. The van der Waals surface area contributed by atoms with Gasteiger partial charge in [-0.05, 0) is 82.2 Å². The van der Waals surface area contributed by atoms with Gasteiger partial charge in [0.05, 0.1) is 30.8 Å². The zero-order valence-corrected chi connectivity index (χ0v) is 32.2. The molecule has 9 nitrogen and oxygen atoms in total. The molecule has 1 fully saturated rings. The van der Waals surface area contributed by atoms with Crippen molar-refractivity contribution < 1.29 is 38.4 Å². The van der Waals surface area contributed by atoms with E-state index in [4.69, 9.17) is 18.6 Å². The molecular weight excluding hydrogens is 614 g/mol. The second-order valence-electron chi connectivity index (χ2n) is 15.6. The van der Waals surface area contributed by atoms with Gasteiger partial charge in [0.15, 0.2) is 14.4 Å². The van der Waals surface area contributed by atoms with Crippen LogP contribution in [0, 0.1) is 17.8 Å². The summed E-state index contributed by atoms with van der Waals surface area (Å²) in [5, 5.41) is 24.3. The Labute approximate surface area is 285 Å². The second kappa shape index (κ2) is 17.6. The first-order valence-electron chi connectivity index (χ1n) is 17.6. The quantitative estimate of drug-likeness (QED) is 0.0648. The van der Waals surface area contributed by atoms with Crippen molar-refractivity contribution in [2.45, 2.75) is 162 Å². The van der Waals surface area contributed by atoms with Crippen LogP contribution in [0.2, 0.25) is 18.1 Å². The number of alkyl carbamates (subject to hydrolysis) is 1. The summed E-state index contributed by atoms with van der Waals surface area (Å²) in [5.41, 5.74) is -0.527. The fourth-order valence-corrected chi connectivity index (χ4v) is 7.16. The zero-order valence-electron chi connectivity index (χ0n) is 31.2. The predicted octanol–water partition coefficient (Wildman–Crippen LogP) is 7.23. The Balaban J connectivity index is 2.32. The van der Waals surface area contributed by atoms with Crippen LogP contribution in [0.4, 0.5) is 4.79 Å². The minimum absolute atomic E-state index is 0.0607. The number of hydrogen-bond acceptors (Lipinski definition) is 8. The minimum atomic E-state index is -2.26. The van der Waals surface area contributed by atoms with Crippen molar-refractivity contribution >= 4 is 20.4 Å². The molecule has 2 heterocycles. The topological polar surface area (TPSA) is 127 Å². The molecule has 2 rings (SSSR count). The summed E-state index contributed by atoms with van der Waals surface area (Å²) in [6.45, 7) is 24.7. The third-order valence-corrected chi connectivity index (χ3v) is 14.7. The summed E-state index contributed by atoms with van der Waals surface area (Å²) in [6, 6.07) is 0. The van der Waals surface area contributed by atoms with Crippen LogP contribution in [0.3, 0.4) is 0 Å². The number of epoxide rings is 1. The van der Waals surface area contributed by atoms with E-state index in [0.717, 1.165) is 18.4 Å². The van der Waals surface area contributed by atoms with Crippen molar-refractivity contribution in [3.8, 4) is 0 Å². The van der Waals surface area contributed by atoms with E-state index < -0.39 is 38.3 Å². The van der Waals surface area contributed by atoms with Gasteiger partial charge in [-0.3, -0.25) is 4.79 Å². The van der Waals surface area contributed by atoms with Gasteiger partial charge in [0, 0.05) is 18.4 Å². The van der Waals surface area contributed by atoms with Gasteiger partial charge < -0.3 is 34.2 Å². The molecule has 10 atom stereocenters. The maximum Gasteiger partial charge on any atom is 0.407 e. The van der Waals surface area contributed by atoms with E-state index in [0.29, 0.717) is 13.0 Å². The van der Waals surface area contributed by atoms with E-state index in [1.165, 1.54) is 0 Å². The van der Waals surface area contributed by atoms with Gasteiger partial charge in [-0.25, -0.2) is 4.79 Å². The van der Waals surface area contributed by atoms with E-state index in [-0.39, 0.29) is 59.9 Å². The third kappa shape index (κ3) is 12.8. The number of ether oxygens (including phenoxy) is 3. The Morgan fingerprint density at radius 1 is 1.23 bits per heavy atom. The number of nitrogens with one attached hydrogen (secondary N) is 1. The highest BCUT2D eigenvalue weighted by molar-refractivity contribution is 6.74. The summed E-state index contributed by atoms with van der Waals surface area (Å²) >= 11 is 0. The molecule has 0 aromatic carbocycles. The molecule has 0 aromatic heterocycles. The molecule has 0 aromatic rings. The lowest BCUT2D eigenvalue weighted by atomic mass is 9.88. The number of amides is 1. The minimum Gasteiger partial charge on any atom is -0.457 e. The molecule has 1 saturated heterocycles. The maximum absolute atomic E-state index is 13.5. The fraction of sp³-hybridized carbons (Fsp3) is 0.784. The van der Waals surface area contributed by atoms with Crippen LogP contribution in [-0.4, -0.2) is 79.4 Å². The van der Waals surface area contributed by atoms with Crippen LogP contribution in [0.25, 0.3) is 0 Å². The second-order valence-corrected chi connectivity index (χ2v) is 20.3. The van der Waals surface area contributed by atoms with Gasteiger partial charge >= 0.3 is 12.1 Å². The number of hydrogen-bond donors (Lipinski definition) is 3. The SMILES string of the molecule is CCNC(=O)OC1/C=C/C(C)C(/C(C)=C/C=C/C(C)CC2OC2C(C)C(O)CC)OC(=O)CC(O[Si](C)(C)C(C)(C)C)CCC1(C)O. The van der Waals surface area contributed by atoms with Crippen LogP contribution < -0.4 is 5.32 Å². The molecule has 10 heteroatoms. The average molecular weight is 680 g/mol. The lowest BCUT2D eigenvalue weighted by Gasteiger charge is -2.40. The van der Waals surface area contributed by atoms with E-state index in [2.05, 4.69) is 52.2 Å².